The van der Waals surface area contributed by atoms with Gasteiger partial charge in [0.05, 0.1) is 0 Å². The zero-order chi connectivity index (χ0) is 13.6. The van der Waals surface area contributed by atoms with E-state index in [2.05, 4.69) is 17.0 Å². The van der Waals surface area contributed by atoms with Crippen LogP contribution < -0.4 is 5.32 Å². The summed E-state index contributed by atoms with van der Waals surface area (Å²) in [6.45, 7) is 3.60. The predicted octanol–water partition coefficient (Wildman–Crippen LogP) is 3.09. The van der Waals surface area contributed by atoms with E-state index < -0.39 is 12.8 Å². The van der Waals surface area contributed by atoms with E-state index in [0.717, 1.165) is 18.7 Å². The number of alkyl halides is 3. The first kappa shape index (κ1) is 15.0. The SMILES string of the molecule is CCCNC(C)c1cccn1COCC(F)(F)F. The molecule has 0 aliphatic rings. The first-order valence-corrected chi connectivity index (χ1v) is 5.97. The van der Waals surface area contributed by atoms with Crippen LogP contribution in [0.2, 0.25) is 0 Å². The van der Waals surface area contributed by atoms with Crippen molar-refractivity contribution in [1.82, 2.24) is 9.88 Å². The van der Waals surface area contributed by atoms with Crippen LogP contribution in [0.25, 0.3) is 0 Å². The summed E-state index contributed by atoms with van der Waals surface area (Å²) in [5, 5.41) is 3.28. The summed E-state index contributed by atoms with van der Waals surface area (Å²) in [5.74, 6) is 0. The minimum absolute atomic E-state index is 0.0833. The van der Waals surface area contributed by atoms with Crippen molar-refractivity contribution in [2.45, 2.75) is 39.2 Å². The summed E-state index contributed by atoms with van der Waals surface area (Å²) >= 11 is 0. The fraction of sp³-hybridized carbons (Fsp3) is 0.667. The molecule has 1 aromatic rings. The molecular weight excluding hydrogens is 245 g/mol. The van der Waals surface area contributed by atoms with Crippen LogP contribution in [0.1, 0.15) is 32.0 Å². The van der Waals surface area contributed by atoms with Gasteiger partial charge in [-0.1, -0.05) is 6.92 Å². The highest BCUT2D eigenvalue weighted by Crippen LogP contribution is 2.17. The fourth-order valence-electron chi connectivity index (χ4n) is 1.66. The van der Waals surface area contributed by atoms with Crippen LogP contribution >= 0.6 is 0 Å². The topological polar surface area (TPSA) is 26.2 Å². The van der Waals surface area contributed by atoms with Crippen molar-refractivity contribution in [2.24, 2.45) is 0 Å². The lowest BCUT2D eigenvalue weighted by atomic mass is 10.2. The Kier molecular flexibility index (Phi) is 5.68. The molecule has 1 heterocycles. The van der Waals surface area contributed by atoms with Crippen LogP contribution in [-0.4, -0.2) is 23.9 Å². The largest absolute Gasteiger partial charge is 0.411 e. The van der Waals surface area contributed by atoms with Crippen LogP contribution in [0.5, 0.6) is 0 Å². The van der Waals surface area contributed by atoms with E-state index in [9.17, 15) is 13.2 Å². The molecule has 6 heteroatoms. The normalized spacial score (nSPS) is 13.8. The lowest BCUT2D eigenvalue weighted by Gasteiger charge is -2.17. The summed E-state index contributed by atoms with van der Waals surface area (Å²) < 4.78 is 42.2. The molecule has 0 aliphatic carbocycles. The van der Waals surface area contributed by atoms with Gasteiger partial charge >= 0.3 is 6.18 Å². The average molecular weight is 264 g/mol. The van der Waals surface area contributed by atoms with Crippen molar-refractivity contribution in [1.29, 1.82) is 0 Å². The van der Waals surface area contributed by atoms with Crippen LogP contribution in [0.15, 0.2) is 18.3 Å². The second kappa shape index (κ2) is 6.80. The maximum absolute atomic E-state index is 12.0. The lowest BCUT2D eigenvalue weighted by molar-refractivity contribution is -0.182. The Labute approximate surface area is 105 Å². The Hall–Kier alpha value is -1.01. The number of nitrogens with one attached hydrogen (secondary N) is 1. The minimum Gasteiger partial charge on any atom is -0.351 e. The van der Waals surface area contributed by atoms with Gasteiger partial charge in [0.15, 0.2) is 0 Å². The third kappa shape index (κ3) is 5.10. The van der Waals surface area contributed by atoms with Gasteiger partial charge in [0.1, 0.15) is 13.3 Å². The quantitative estimate of drug-likeness (QED) is 0.819. The fourth-order valence-corrected chi connectivity index (χ4v) is 1.66. The Balaban J connectivity index is 2.49. The number of aromatic nitrogens is 1. The number of halogens is 3. The summed E-state index contributed by atoms with van der Waals surface area (Å²) in [7, 11) is 0. The molecule has 0 saturated carbocycles. The van der Waals surface area contributed by atoms with E-state index in [4.69, 9.17) is 0 Å². The van der Waals surface area contributed by atoms with Crippen LogP contribution in [-0.2, 0) is 11.5 Å². The smallest absolute Gasteiger partial charge is 0.351 e. The van der Waals surface area contributed by atoms with E-state index >= 15 is 0 Å². The molecule has 104 valence electrons. The molecule has 3 nitrogen and oxygen atoms in total. The van der Waals surface area contributed by atoms with E-state index in [1.165, 1.54) is 0 Å². The van der Waals surface area contributed by atoms with Gasteiger partial charge in [-0.25, -0.2) is 0 Å². The zero-order valence-corrected chi connectivity index (χ0v) is 10.6. The van der Waals surface area contributed by atoms with Crippen molar-refractivity contribution in [3.8, 4) is 0 Å². The molecule has 0 bridgehead atoms. The second-order valence-electron chi connectivity index (χ2n) is 4.17. The van der Waals surface area contributed by atoms with Crippen molar-refractivity contribution >= 4 is 0 Å². The number of nitrogens with zero attached hydrogens (tertiary/aromatic N) is 1. The molecule has 1 unspecified atom stereocenters. The van der Waals surface area contributed by atoms with Crippen molar-refractivity contribution < 1.29 is 17.9 Å². The number of rotatable bonds is 7. The summed E-state index contributed by atoms with van der Waals surface area (Å²) in [4.78, 5) is 0. The van der Waals surface area contributed by atoms with Crippen molar-refractivity contribution in [3.63, 3.8) is 0 Å². The molecule has 0 amide bonds. The van der Waals surface area contributed by atoms with Gasteiger partial charge < -0.3 is 14.6 Å². The first-order chi connectivity index (χ1) is 8.44. The third-order valence-electron chi connectivity index (χ3n) is 2.50. The summed E-state index contributed by atoms with van der Waals surface area (Å²) in [6, 6.07) is 3.77. The highest BCUT2D eigenvalue weighted by atomic mass is 19.4. The Bertz CT molecular complexity index is 349. The molecule has 1 N–H and O–H groups in total. The first-order valence-electron chi connectivity index (χ1n) is 5.97. The van der Waals surface area contributed by atoms with Gasteiger partial charge in [0, 0.05) is 17.9 Å². The van der Waals surface area contributed by atoms with Crippen molar-refractivity contribution in [2.75, 3.05) is 13.2 Å². The molecule has 0 aromatic carbocycles. The molecule has 1 atom stereocenters. The van der Waals surface area contributed by atoms with E-state index in [1.807, 2.05) is 13.0 Å². The summed E-state index contributed by atoms with van der Waals surface area (Å²) in [6.07, 6.45) is -1.55. The molecule has 1 aromatic heterocycles. The third-order valence-corrected chi connectivity index (χ3v) is 2.50. The second-order valence-corrected chi connectivity index (χ2v) is 4.17. The maximum atomic E-state index is 12.0. The van der Waals surface area contributed by atoms with Gasteiger partial charge in [-0.2, -0.15) is 13.2 Å². The molecular formula is C12H19F3N2O. The van der Waals surface area contributed by atoms with Gasteiger partial charge in [0.2, 0.25) is 0 Å². The maximum Gasteiger partial charge on any atom is 0.411 e. The highest BCUT2D eigenvalue weighted by Gasteiger charge is 2.27. The minimum atomic E-state index is -4.28. The summed E-state index contributed by atoms with van der Waals surface area (Å²) in [5.41, 5.74) is 0.922. The molecule has 0 radical (unpaired) electrons. The molecule has 0 spiro atoms. The van der Waals surface area contributed by atoms with E-state index in [-0.39, 0.29) is 12.8 Å². The number of hydrogen-bond acceptors (Lipinski definition) is 2. The van der Waals surface area contributed by atoms with Crippen LogP contribution in [0.3, 0.4) is 0 Å². The predicted molar refractivity (Wildman–Crippen MR) is 63.1 cm³/mol. The Morgan fingerprint density at radius 1 is 1.44 bits per heavy atom. The van der Waals surface area contributed by atoms with Gasteiger partial charge in [0.25, 0.3) is 0 Å². The van der Waals surface area contributed by atoms with Gasteiger partial charge in [-0.05, 0) is 32.0 Å². The average Bonchev–Trinajstić information content (AvgIpc) is 2.72. The Morgan fingerprint density at radius 2 is 2.17 bits per heavy atom. The standard InChI is InChI=1S/C12H19F3N2O/c1-3-6-16-10(2)11-5-4-7-17(11)9-18-8-12(13,14)15/h4-5,7,10,16H,3,6,8-9H2,1-2H3. The van der Waals surface area contributed by atoms with Crippen LogP contribution in [0.4, 0.5) is 13.2 Å². The van der Waals surface area contributed by atoms with E-state index in [0.29, 0.717) is 0 Å². The monoisotopic (exact) mass is 264 g/mol. The van der Waals surface area contributed by atoms with Crippen LogP contribution in [0, 0.1) is 0 Å². The van der Waals surface area contributed by atoms with Crippen molar-refractivity contribution in [3.05, 3.63) is 24.0 Å². The molecule has 0 fully saturated rings. The number of hydrogen-bond donors (Lipinski definition) is 1. The lowest BCUT2D eigenvalue weighted by Crippen LogP contribution is -2.23. The molecule has 0 saturated heterocycles. The molecule has 0 aliphatic heterocycles. The highest BCUT2D eigenvalue weighted by molar-refractivity contribution is 5.10. The van der Waals surface area contributed by atoms with Gasteiger partial charge in [-0.15, -0.1) is 0 Å². The Morgan fingerprint density at radius 3 is 2.78 bits per heavy atom. The zero-order valence-electron chi connectivity index (χ0n) is 10.6. The van der Waals surface area contributed by atoms with E-state index in [1.54, 1.807) is 16.8 Å². The molecule has 18 heavy (non-hydrogen) atoms. The van der Waals surface area contributed by atoms with Gasteiger partial charge in [-0.3, -0.25) is 0 Å². The molecule has 1 rings (SSSR count). The number of ether oxygens (including phenoxy) is 1.